The quantitative estimate of drug-likeness (QED) is 0.767. The highest BCUT2D eigenvalue weighted by Crippen LogP contribution is 2.23. The Morgan fingerprint density at radius 2 is 2.29 bits per heavy atom. The highest BCUT2D eigenvalue weighted by atomic mass is 15.3. The van der Waals surface area contributed by atoms with Gasteiger partial charge in [-0.2, -0.15) is 0 Å². The average molecular weight is 194 g/mol. The summed E-state index contributed by atoms with van der Waals surface area (Å²) in [6, 6.07) is 0.372. The molecule has 4 nitrogen and oxygen atoms in total. The molecule has 0 fully saturated rings. The van der Waals surface area contributed by atoms with Gasteiger partial charge in [0.25, 0.3) is 0 Å². The normalized spacial score (nSPS) is 21.3. The molecule has 14 heavy (non-hydrogen) atoms. The molecule has 1 N–H and O–H groups in total. The Kier molecular flexibility index (Phi) is 2.54. The van der Waals surface area contributed by atoms with Gasteiger partial charge < -0.3 is 9.88 Å². The molecular weight excluding hydrogens is 176 g/mol. The molecule has 78 valence electrons. The summed E-state index contributed by atoms with van der Waals surface area (Å²) in [4.78, 5) is 0. The van der Waals surface area contributed by atoms with Crippen molar-refractivity contribution in [2.45, 2.75) is 39.8 Å². The van der Waals surface area contributed by atoms with Crippen molar-refractivity contribution < 1.29 is 0 Å². The lowest BCUT2D eigenvalue weighted by atomic mass is 10.0. The third-order valence-electron chi connectivity index (χ3n) is 2.82. The molecule has 1 unspecified atom stereocenters. The number of hydrogen-bond donors (Lipinski definition) is 1. The van der Waals surface area contributed by atoms with E-state index in [0.29, 0.717) is 12.0 Å². The van der Waals surface area contributed by atoms with Crippen LogP contribution < -0.4 is 5.32 Å². The van der Waals surface area contributed by atoms with Gasteiger partial charge in [-0.3, -0.25) is 0 Å². The van der Waals surface area contributed by atoms with Crippen LogP contribution in [0.2, 0.25) is 0 Å². The highest BCUT2D eigenvalue weighted by molar-refractivity contribution is 5.05. The van der Waals surface area contributed by atoms with Crippen LogP contribution >= 0.6 is 0 Å². The van der Waals surface area contributed by atoms with Gasteiger partial charge in [0.15, 0.2) is 5.82 Å². The lowest BCUT2D eigenvalue weighted by molar-refractivity contribution is 0.335. The van der Waals surface area contributed by atoms with Crippen LogP contribution in [0.5, 0.6) is 0 Å². The van der Waals surface area contributed by atoms with Crippen molar-refractivity contribution in [3.05, 3.63) is 11.6 Å². The summed E-state index contributed by atoms with van der Waals surface area (Å²) in [7, 11) is 0. The van der Waals surface area contributed by atoms with Crippen LogP contribution in [0.3, 0.4) is 0 Å². The number of fused-ring (bicyclic) bond motifs is 1. The number of aryl methyl sites for hydroxylation is 1. The van der Waals surface area contributed by atoms with E-state index >= 15 is 0 Å². The van der Waals surface area contributed by atoms with Crippen LogP contribution in [0.25, 0.3) is 0 Å². The zero-order valence-electron chi connectivity index (χ0n) is 9.12. The molecule has 2 rings (SSSR count). The second-order valence-corrected chi connectivity index (χ2v) is 4.16. The Morgan fingerprint density at radius 3 is 2.93 bits per heavy atom. The van der Waals surface area contributed by atoms with Crippen LogP contribution in [-0.4, -0.2) is 21.3 Å². The van der Waals surface area contributed by atoms with Crippen LogP contribution in [-0.2, 0) is 13.0 Å². The third kappa shape index (κ3) is 1.43. The summed E-state index contributed by atoms with van der Waals surface area (Å²) in [5, 5.41) is 12.0. The Balaban J connectivity index is 2.36. The van der Waals surface area contributed by atoms with E-state index in [2.05, 4.69) is 40.9 Å². The smallest absolute Gasteiger partial charge is 0.150 e. The summed E-state index contributed by atoms with van der Waals surface area (Å²) in [5.74, 6) is 2.80. The molecule has 0 saturated carbocycles. The Hall–Kier alpha value is -0.900. The molecule has 1 aliphatic rings. The standard InChI is InChI=1S/C10H18N4/c1-4-8-12-13-10-9(7(2)3)11-5-6-14(8)10/h7,9,11H,4-6H2,1-3H3. The fourth-order valence-electron chi connectivity index (χ4n) is 2.04. The highest BCUT2D eigenvalue weighted by Gasteiger charge is 2.26. The predicted octanol–water partition coefficient (Wildman–Crippen LogP) is 1.14. The van der Waals surface area contributed by atoms with E-state index in [0.717, 1.165) is 31.2 Å². The molecule has 0 bridgehead atoms. The SMILES string of the molecule is CCc1nnc2n1CCNC2C(C)C. The lowest BCUT2D eigenvalue weighted by Crippen LogP contribution is -2.36. The van der Waals surface area contributed by atoms with Crippen molar-refractivity contribution in [1.29, 1.82) is 0 Å². The first-order chi connectivity index (χ1) is 6.74. The van der Waals surface area contributed by atoms with Gasteiger partial charge in [0, 0.05) is 19.5 Å². The molecular formula is C10H18N4. The van der Waals surface area contributed by atoms with Gasteiger partial charge in [-0.1, -0.05) is 20.8 Å². The Bertz CT molecular complexity index is 316. The van der Waals surface area contributed by atoms with Crippen molar-refractivity contribution >= 4 is 0 Å². The first-order valence-electron chi connectivity index (χ1n) is 5.39. The summed E-state index contributed by atoms with van der Waals surface area (Å²) < 4.78 is 2.27. The Morgan fingerprint density at radius 1 is 1.50 bits per heavy atom. The summed E-state index contributed by atoms with van der Waals surface area (Å²) in [5.41, 5.74) is 0. The third-order valence-corrected chi connectivity index (χ3v) is 2.82. The average Bonchev–Trinajstić information content (AvgIpc) is 2.59. The van der Waals surface area contributed by atoms with E-state index in [-0.39, 0.29) is 0 Å². The second kappa shape index (κ2) is 3.69. The van der Waals surface area contributed by atoms with Gasteiger partial charge in [0.1, 0.15) is 5.82 Å². The number of nitrogens with zero attached hydrogens (tertiary/aromatic N) is 3. The van der Waals surface area contributed by atoms with Crippen molar-refractivity contribution in [3.8, 4) is 0 Å². The van der Waals surface area contributed by atoms with Gasteiger partial charge in [-0.05, 0) is 5.92 Å². The maximum absolute atomic E-state index is 4.28. The topological polar surface area (TPSA) is 42.7 Å². The van der Waals surface area contributed by atoms with Gasteiger partial charge >= 0.3 is 0 Å². The summed E-state index contributed by atoms with van der Waals surface area (Å²) in [6.07, 6.45) is 0.970. The minimum atomic E-state index is 0.372. The van der Waals surface area contributed by atoms with Crippen LogP contribution in [0.15, 0.2) is 0 Å². The van der Waals surface area contributed by atoms with Crippen LogP contribution in [0.1, 0.15) is 38.5 Å². The van der Waals surface area contributed by atoms with Crippen LogP contribution in [0, 0.1) is 5.92 Å². The zero-order chi connectivity index (χ0) is 10.1. The molecule has 1 atom stereocenters. The second-order valence-electron chi connectivity index (χ2n) is 4.16. The van der Waals surface area contributed by atoms with Gasteiger partial charge in [0.05, 0.1) is 6.04 Å². The van der Waals surface area contributed by atoms with E-state index in [9.17, 15) is 0 Å². The maximum Gasteiger partial charge on any atom is 0.150 e. The van der Waals surface area contributed by atoms with Crippen molar-refractivity contribution in [2.75, 3.05) is 6.54 Å². The van der Waals surface area contributed by atoms with E-state index in [4.69, 9.17) is 0 Å². The van der Waals surface area contributed by atoms with E-state index in [1.54, 1.807) is 0 Å². The molecule has 1 aromatic rings. The van der Waals surface area contributed by atoms with Crippen molar-refractivity contribution in [1.82, 2.24) is 20.1 Å². The van der Waals surface area contributed by atoms with Crippen LogP contribution in [0.4, 0.5) is 0 Å². The maximum atomic E-state index is 4.28. The molecule has 0 amide bonds. The molecule has 0 radical (unpaired) electrons. The fourth-order valence-corrected chi connectivity index (χ4v) is 2.04. The minimum absolute atomic E-state index is 0.372. The molecule has 1 aliphatic heterocycles. The lowest BCUT2D eigenvalue weighted by Gasteiger charge is -2.27. The molecule has 0 aromatic carbocycles. The fraction of sp³-hybridized carbons (Fsp3) is 0.800. The van der Waals surface area contributed by atoms with Gasteiger partial charge in [-0.15, -0.1) is 10.2 Å². The zero-order valence-corrected chi connectivity index (χ0v) is 9.12. The molecule has 2 heterocycles. The molecule has 0 aliphatic carbocycles. The Labute approximate surface area is 84.7 Å². The van der Waals surface area contributed by atoms with E-state index < -0.39 is 0 Å². The van der Waals surface area contributed by atoms with Crippen molar-refractivity contribution in [2.24, 2.45) is 5.92 Å². The summed E-state index contributed by atoms with van der Waals surface area (Å²) in [6.45, 7) is 8.60. The summed E-state index contributed by atoms with van der Waals surface area (Å²) >= 11 is 0. The number of aromatic nitrogens is 3. The first-order valence-corrected chi connectivity index (χ1v) is 5.39. The molecule has 0 spiro atoms. The predicted molar refractivity (Wildman–Crippen MR) is 55.0 cm³/mol. The van der Waals surface area contributed by atoms with E-state index in [1.165, 1.54) is 0 Å². The van der Waals surface area contributed by atoms with Crippen molar-refractivity contribution in [3.63, 3.8) is 0 Å². The minimum Gasteiger partial charge on any atom is -0.312 e. The van der Waals surface area contributed by atoms with Gasteiger partial charge in [-0.25, -0.2) is 0 Å². The number of rotatable bonds is 2. The molecule has 0 saturated heterocycles. The first kappa shape index (κ1) is 9.65. The molecule has 4 heteroatoms. The monoisotopic (exact) mass is 194 g/mol. The van der Waals surface area contributed by atoms with E-state index in [1.807, 2.05) is 0 Å². The number of hydrogen-bond acceptors (Lipinski definition) is 3. The molecule has 1 aromatic heterocycles. The number of nitrogens with one attached hydrogen (secondary N) is 1. The van der Waals surface area contributed by atoms with Gasteiger partial charge in [0.2, 0.25) is 0 Å². The largest absolute Gasteiger partial charge is 0.312 e.